The molecular formula is C13H19N3O3. The van der Waals surface area contributed by atoms with Gasteiger partial charge >= 0.3 is 5.97 Å². The number of nitrogens with zero attached hydrogens (tertiary/aromatic N) is 2. The van der Waals surface area contributed by atoms with Gasteiger partial charge in [-0.25, -0.2) is 9.78 Å². The van der Waals surface area contributed by atoms with Crippen molar-refractivity contribution in [2.45, 2.75) is 32.6 Å². The number of hydrogen-bond acceptors (Lipinski definition) is 5. The van der Waals surface area contributed by atoms with Crippen molar-refractivity contribution in [1.82, 2.24) is 9.97 Å². The van der Waals surface area contributed by atoms with E-state index in [0.29, 0.717) is 5.95 Å². The van der Waals surface area contributed by atoms with Gasteiger partial charge in [-0.2, -0.15) is 0 Å². The number of anilines is 1. The van der Waals surface area contributed by atoms with E-state index in [2.05, 4.69) is 14.9 Å². The molecule has 6 nitrogen and oxygen atoms in total. The van der Waals surface area contributed by atoms with Crippen LogP contribution in [0.15, 0.2) is 11.0 Å². The Kier molecular flexibility index (Phi) is 4.54. The smallest absolute Gasteiger partial charge is 0.345 e. The summed E-state index contributed by atoms with van der Waals surface area (Å²) in [5.74, 6) is -0.0846. The molecule has 0 bridgehead atoms. The van der Waals surface area contributed by atoms with Crippen LogP contribution in [0.3, 0.4) is 0 Å². The quantitative estimate of drug-likeness (QED) is 0.834. The minimum atomic E-state index is -0.626. The van der Waals surface area contributed by atoms with Crippen LogP contribution in [-0.4, -0.2) is 35.6 Å². The van der Waals surface area contributed by atoms with Crippen LogP contribution in [-0.2, 0) is 4.74 Å². The normalized spacial score (nSPS) is 15.9. The predicted octanol–water partition coefficient (Wildman–Crippen LogP) is 1.33. The van der Waals surface area contributed by atoms with Crippen molar-refractivity contribution in [3.63, 3.8) is 0 Å². The van der Waals surface area contributed by atoms with Crippen LogP contribution < -0.4 is 10.5 Å². The highest BCUT2D eigenvalue weighted by Gasteiger charge is 2.16. The van der Waals surface area contributed by atoms with Crippen LogP contribution in [0.25, 0.3) is 0 Å². The zero-order valence-electron chi connectivity index (χ0n) is 11.1. The Morgan fingerprint density at radius 1 is 1.37 bits per heavy atom. The number of aromatic nitrogens is 2. The van der Waals surface area contributed by atoms with Gasteiger partial charge < -0.3 is 9.64 Å². The van der Waals surface area contributed by atoms with Gasteiger partial charge in [-0.1, -0.05) is 12.8 Å². The molecule has 1 aromatic heterocycles. The topological polar surface area (TPSA) is 75.3 Å². The molecule has 0 aliphatic carbocycles. The molecule has 104 valence electrons. The fourth-order valence-electron chi connectivity index (χ4n) is 2.18. The van der Waals surface area contributed by atoms with Crippen molar-refractivity contribution in [1.29, 1.82) is 0 Å². The second-order valence-electron chi connectivity index (χ2n) is 4.57. The van der Waals surface area contributed by atoms with Crippen LogP contribution in [0.2, 0.25) is 0 Å². The molecule has 1 saturated heterocycles. The largest absolute Gasteiger partial charge is 0.462 e. The molecule has 0 unspecified atom stereocenters. The Labute approximate surface area is 111 Å². The monoisotopic (exact) mass is 265 g/mol. The van der Waals surface area contributed by atoms with Crippen LogP contribution in [0.5, 0.6) is 0 Å². The van der Waals surface area contributed by atoms with Crippen molar-refractivity contribution in [3.8, 4) is 0 Å². The van der Waals surface area contributed by atoms with Gasteiger partial charge in [-0.05, 0) is 19.8 Å². The molecule has 19 heavy (non-hydrogen) atoms. The average molecular weight is 265 g/mol. The van der Waals surface area contributed by atoms with Gasteiger partial charge in [0.15, 0.2) is 0 Å². The van der Waals surface area contributed by atoms with E-state index in [1.807, 2.05) is 0 Å². The van der Waals surface area contributed by atoms with Crippen molar-refractivity contribution in [2.24, 2.45) is 0 Å². The van der Waals surface area contributed by atoms with Crippen LogP contribution >= 0.6 is 0 Å². The summed E-state index contributed by atoms with van der Waals surface area (Å²) in [4.78, 5) is 32.3. The van der Waals surface area contributed by atoms with E-state index < -0.39 is 11.5 Å². The SMILES string of the molecule is CCOC(=O)c1cnc(N2CCCCCC2)[nH]c1=O. The first-order chi connectivity index (χ1) is 9.22. The van der Waals surface area contributed by atoms with E-state index in [1.54, 1.807) is 6.92 Å². The second-order valence-corrected chi connectivity index (χ2v) is 4.57. The van der Waals surface area contributed by atoms with Gasteiger partial charge in [0, 0.05) is 13.1 Å². The Morgan fingerprint density at radius 3 is 2.63 bits per heavy atom. The third-order valence-electron chi connectivity index (χ3n) is 3.19. The third kappa shape index (κ3) is 3.33. The molecule has 1 aromatic rings. The molecule has 0 spiro atoms. The minimum Gasteiger partial charge on any atom is -0.462 e. The Balaban J connectivity index is 2.18. The van der Waals surface area contributed by atoms with E-state index >= 15 is 0 Å². The van der Waals surface area contributed by atoms with Gasteiger partial charge in [-0.3, -0.25) is 9.78 Å². The maximum atomic E-state index is 11.9. The first kappa shape index (κ1) is 13.6. The van der Waals surface area contributed by atoms with Crippen molar-refractivity contribution in [2.75, 3.05) is 24.6 Å². The van der Waals surface area contributed by atoms with Crippen molar-refractivity contribution >= 4 is 11.9 Å². The number of rotatable bonds is 3. The summed E-state index contributed by atoms with van der Waals surface area (Å²) in [7, 11) is 0. The van der Waals surface area contributed by atoms with E-state index in [-0.39, 0.29) is 12.2 Å². The zero-order valence-corrected chi connectivity index (χ0v) is 11.1. The molecule has 0 aromatic carbocycles. The lowest BCUT2D eigenvalue weighted by Gasteiger charge is -2.20. The van der Waals surface area contributed by atoms with E-state index in [9.17, 15) is 9.59 Å². The molecule has 1 fully saturated rings. The molecule has 0 radical (unpaired) electrons. The number of hydrogen-bond donors (Lipinski definition) is 1. The van der Waals surface area contributed by atoms with E-state index in [0.717, 1.165) is 25.9 Å². The molecule has 0 amide bonds. The maximum absolute atomic E-state index is 11.9. The first-order valence-corrected chi connectivity index (χ1v) is 6.73. The minimum absolute atomic E-state index is 0.0413. The molecule has 1 N–H and O–H groups in total. The summed E-state index contributed by atoms with van der Waals surface area (Å²) >= 11 is 0. The van der Waals surface area contributed by atoms with Gasteiger partial charge in [0.25, 0.3) is 5.56 Å². The highest BCUT2D eigenvalue weighted by Crippen LogP contribution is 2.14. The lowest BCUT2D eigenvalue weighted by molar-refractivity contribution is 0.0524. The number of aromatic amines is 1. The van der Waals surface area contributed by atoms with Crippen LogP contribution in [0.4, 0.5) is 5.95 Å². The summed E-state index contributed by atoms with van der Waals surface area (Å²) in [6, 6.07) is 0. The molecule has 0 saturated carbocycles. The summed E-state index contributed by atoms with van der Waals surface area (Å²) < 4.78 is 4.80. The predicted molar refractivity (Wildman–Crippen MR) is 71.5 cm³/mol. The molecule has 2 heterocycles. The van der Waals surface area contributed by atoms with Crippen LogP contribution in [0, 0.1) is 0 Å². The van der Waals surface area contributed by atoms with E-state index in [4.69, 9.17) is 4.74 Å². The summed E-state index contributed by atoms with van der Waals surface area (Å²) in [6.45, 7) is 3.72. The fraction of sp³-hybridized carbons (Fsp3) is 0.615. The number of ether oxygens (including phenoxy) is 1. The lowest BCUT2D eigenvalue weighted by atomic mass is 10.2. The Morgan fingerprint density at radius 2 is 2.05 bits per heavy atom. The Hall–Kier alpha value is -1.85. The van der Waals surface area contributed by atoms with Crippen LogP contribution in [0.1, 0.15) is 43.0 Å². The highest BCUT2D eigenvalue weighted by atomic mass is 16.5. The summed E-state index contributed by atoms with van der Waals surface area (Å²) in [5.41, 5.74) is -0.479. The number of carbonyl (C=O) groups is 1. The second kappa shape index (κ2) is 6.36. The van der Waals surface area contributed by atoms with Gasteiger partial charge in [-0.15, -0.1) is 0 Å². The summed E-state index contributed by atoms with van der Waals surface area (Å²) in [5, 5.41) is 0. The molecule has 1 aliphatic rings. The number of H-pyrrole nitrogens is 1. The maximum Gasteiger partial charge on any atom is 0.345 e. The lowest BCUT2D eigenvalue weighted by Crippen LogP contribution is -2.30. The van der Waals surface area contributed by atoms with Crippen molar-refractivity contribution < 1.29 is 9.53 Å². The average Bonchev–Trinajstić information content (AvgIpc) is 2.67. The molecule has 1 aliphatic heterocycles. The molecule has 2 rings (SSSR count). The number of carbonyl (C=O) groups excluding carboxylic acids is 1. The molecular weight excluding hydrogens is 246 g/mol. The zero-order chi connectivity index (χ0) is 13.7. The van der Waals surface area contributed by atoms with Gasteiger partial charge in [0.05, 0.1) is 12.8 Å². The fourth-order valence-corrected chi connectivity index (χ4v) is 2.18. The summed E-state index contributed by atoms with van der Waals surface area (Å²) in [6.07, 6.45) is 5.92. The van der Waals surface area contributed by atoms with Gasteiger partial charge in [0.1, 0.15) is 5.56 Å². The number of nitrogens with one attached hydrogen (secondary N) is 1. The standard InChI is InChI=1S/C13H19N3O3/c1-2-19-12(18)10-9-14-13(15-11(10)17)16-7-5-3-4-6-8-16/h9H,2-8H2,1H3,(H,14,15,17). The number of esters is 1. The molecule has 6 heteroatoms. The van der Waals surface area contributed by atoms with Gasteiger partial charge in [0.2, 0.25) is 5.95 Å². The Bertz CT molecular complexity index is 490. The highest BCUT2D eigenvalue weighted by molar-refractivity contribution is 5.88. The molecule has 0 atom stereocenters. The third-order valence-corrected chi connectivity index (χ3v) is 3.19. The first-order valence-electron chi connectivity index (χ1n) is 6.73. The van der Waals surface area contributed by atoms with E-state index in [1.165, 1.54) is 19.0 Å². The van der Waals surface area contributed by atoms with Crippen molar-refractivity contribution in [3.05, 3.63) is 22.1 Å².